The Kier molecular flexibility index (Phi) is 5.29. The zero-order valence-corrected chi connectivity index (χ0v) is 12.0. The van der Waals surface area contributed by atoms with Crippen LogP contribution in [0.15, 0.2) is 22.7 Å². The number of anilines is 1. The summed E-state index contributed by atoms with van der Waals surface area (Å²) in [6, 6.07) is 2.32. The summed E-state index contributed by atoms with van der Waals surface area (Å²) in [6.07, 6.45) is 0. The molecule has 2 amide bonds. The van der Waals surface area contributed by atoms with Crippen LogP contribution in [0.25, 0.3) is 0 Å². The highest BCUT2D eigenvalue weighted by Crippen LogP contribution is 2.19. The molecule has 0 fully saturated rings. The lowest BCUT2D eigenvalue weighted by Crippen LogP contribution is -2.46. The molecular weight excluding hydrogens is 319 g/mol. The maximum absolute atomic E-state index is 13.0. The molecule has 1 aromatic carbocycles. The Bertz CT molecular complexity index is 494. The van der Waals surface area contributed by atoms with Crippen LogP contribution in [0.3, 0.4) is 0 Å². The third kappa shape index (κ3) is 4.51. The number of nitrogens with one attached hydrogen (secondary N) is 2. The average molecular weight is 333 g/mol. The van der Waals surface area contributed by atoms with Crippen molar-refractivity contribution >= 4 is 33.6 Å². The quantitative estimate of drug-likeness (QED) is 0.793. The number of hydrogen-bond donors (Lipinski definition) is 3. The summed E-state index contributed by atoms with van der Waals surface area (Å²) in [5, 5.41) is 13.7. The lowest BCUT2D eigenvalue weighted by molar-refractivity contribution is -0.140. The van der Waals surface area contributed by atoms with Gasteiger partial charge in [-0.3, -0.25) is 0 Å². The normalized spacial score (nSPS) is 12.1. The first-order valence-corrected chi connectivity index (χ1v) is 6.36. The molecule has 0 aliphatic rings. The number of carbonyl (C=O) groups excluding carboxylic acids is 1. The molecule has 0 saturated heterocycles. The van der Waals surface area contributed by atoms with Gasteiger partial charge in [-0.05, 0) is 40.0 Å². The van der Waals surface area contributed by atoms with Gasteiger partial charge in [-0.1, -0.05) is 13.8 Å². The highest BCUT2D eigenvalue weighted by molar-refractivity contribution is 9.10. The van der Waals surface area contributed by atoms with Crippen LogP contribution < -0.4 is 10.6 Å². The van der Waals surface area contributed by atoms with Crippen LogP contribution >= 0.6 is 15.9 Å². The zero-order valence-electron chi connectivity index (χ0n) is 10.4. The van der Waals surface area contributed by atoms with E-state index in [1.165, 1.54) is 18.2 Å². The van der Waals surface area contributed by atoms with Gasteiger partial charge in [-0.25, -0.2) is 14.0 Å². The Morgan fingerprint density at radius 1 is 1.37 bits per heavy atom. The van der Waals surface area contributed by atoms with Crippen molar-refractivity contribution in [2.45, 2.75) is 19.9 Å². The average Bonchev–Trinajstić information content (AvgIpc) is 2.30. The predicted molar refractivity (Wildman–Crippen MR) is 72.5 cm³/mol. The second kappa shape index (κ2) is 6.51. The van der Waals surface area contributed by atoms with E-state index in [9.17, 15) is 14.0 Å². The number of carbonyl (C=O) groups is 2. The molecule has 19 heavy (non-hydrogen) atoms. The Morgan fingerprint density at radius 3 is 2.47 bits per heavy atom. The molecule has 0 heterocycles. The standard InChI is InChI=1S/C12H14BrFN2O3/c1-6(2)10(11(17)18)16-12(19)15-7-3-4-9(14)8(13)5-7/h3-6,10H,1-2H3,(H,17,18)(H2,15,16,19)/t10-/m1/s1. The fourth-order valence-electron chi connectivity index (χ4n) is 1.40. The number of carboxylic acid groups (broad SMARTS) is 1. The van der Waals surface area contributed by atoms with E-state index in [4.69, 9.17) is 5.11 Å². The minimum atomic E-state index is -1.11. The molecule has 7 heteroatoms. The SMILES string of the molecule is CC(C)[C@@H](NC(=O)Nc1ccc(F)c(Br)c1)C(=O)O. The van der Waals surface area contributed by atoms with Crippen LogP contribution in [0.2, 0.25) is 0 Å². The molecule has 3 N–H and O–H groups in total. The van der Waals surface area contributed by atoms with Crippen molar-refractivity contribution in [2.75, 3.05) is 5.32 Å². The van der Waals surface area contributed by atoms with Crippen molar-refractivity contribution in [3.8, 4) is 0 Å². The van der Waals surface area contributed by atoms with E-state index < -0.39 is 23.9 Å². The molecular formula is C12H14BrFN2O3. The lowest BCUT2D eigenvalue weighted by atomic mass is 10.1. The van der Waals surface area contributed by atoms with Crippen LogP contribution in [0, 0.1) is 11.7 Å². The summed E-state index contributed by atoms with van der Waals surface area (Å²) < 4.78 is 13.2. The van der Waals surface area contributed by atoms with Crippen molar-refractivity contribution in [1.82, 2.24) is 5.32 Å². The third-order valence-electron chi connectivity index (χ3n) is 2.40. The number of urea groups is 1. The van der Waals surface area contributed by atoms with Gasteiger partial charge in [0, 0.05) is 5.69 Å². The van der Waals surface area contributed by atoms with Gasteiger partial charge in [0.2, 0.25) is 0 Å². The summed E-state index contributed by atoms with van der Waals surface area (Å²) in [6.45, 7) is 3.38. The smallest absolute Gasteiger partial charge is 0.326 e. The summed E-state index contributed by atoms with van der Waals surface area (Å²) in [5.41, 5.74) is 0.360. The minimum absolute atomic E-state index is 0.212. The Balaban J connectivity index is 2.69. The van der Waals surface area contributed by atoms with E-state index in [1.807, 2.05) is 0 Å². The number of aliphatic carboxylic acids is 1. The molecule has 5 nitrogen and oxygen atoms in total. The van der Waals surface area contributed by atoms with Gasteiger partial charge in [0.25, 0.3) is 0 Å². The Labute approximate surface area is 118 Å². The van der Waals surface area contributed by atoms with Gasteiger partial charge in [-0.15, -0.1) is 0 Å². The van der Waals surface area contributed by atoms with Crippen LogP contribution in [-0.4, -0.2) is 23.1 Å². The summed E-state index contributed by atoms with van der Waals surface area (Å²) in [7, 11) is 0. The third-order valence-corrected chi connectivity index (χ3v) is 3.00. The molecule has 104 valence electrons. The fraction of sp³-hybridized carbons (Fsp3) is 0.333. The molecule has 0 unspecified atom stereocenters. The molecule has 1 aromatic rings. The highest BCUT2D eigenvalue weighted by atomic mass is 79.9. The fourth-order valence-corrected chi connectivity index (χ4v) is 1.77. The van der Waals surface area contributed by atoms with Crippen molar-refractivity contribution in [3.05, 3.63) is 28.5 Å². The van der Waals surface area contributed by atoms with E-state index in [1.54, 1.807) is 13.8 Å². The Morgan fingerprint density at radius 2 is 2.00 bits per heavy atom. The van der Waals surface area contributed by atoms with Crippen molar-refractivity contribution in [2.24, 2.45) is 5.92 Å². The molecule has 0 saturated carbocycles. The summed E-state index contributed by atoms with van der Waals surface area (Å²) >= 11 is 2.99. The summed E-state index contributed by atoms with van der Waals surface area (Å²) in [5.74, 6) is -1.80. The largest absolute Gasteiger partial charge is 0.480 e. The van der Waals surface area contributed by atoms with Crippen molar-refractivity contribution in [1.29, 1.82) is 0 Å². The van der Waals surface area contributed by atoms with Crippen LogP contribution in [-0.2, 0) is 4.79 Å². The number of halogens is 2. The molecule has 0 aliphatic heterocycles. The number of rotatable bonds is 4. The van der Waals surface area contributed by atoms with E-state index in [0.29, 0.717) is 5.69 Å². The second-order valence-electron chi connectivity index (χ2n) is 4.29. The first-order chi connectivity index (χ1) is 8.81. The maximum Gasteiger partial charge on any atom is 0.326 e. The first-order valence-electron chi connectivity index (χ1n) is 5.56. The van der Waals surface area contributed by atoms with Gasteiger partial charge in [0.15, 0.2) is 0 Å². The molecule has 0 radical (unpaired) electrons. The molecule has 0 bridgehead atoms. The van der Waals surface area contributed by atoms with Gasteiger partial charge in [0.1, 0.15) is 11.9 Å². The molecule has 1 rings (SSSR count). The Hall–Kier alpha value is -1.63. The molecule has 0 aromatic heterocycles. The van der Waals surface area contributed by atoms with Crippen LogP contribution in [0.5, 0.6) is 0 Å². The minimum Gasteiger partial charge on any atom is -0.480 e. The van der Waals surface area contributed by atoms with Gasteiger partial charge in [-0.2, -0.15) is 0 Å². The molecule has 0 aliphatic carbocycles. The van der Waals surface area contributed by atoms with Crippen LogP contribution in [0.1, 0.15) is 13.8 Å². The van der Waals surface area contributed by atoms with E-state index >= 15 is 0 Å². The van der Waals surface area contributed by atoms with Crippen molar-refractivity contribution in [3.63, 3.8) is 0 Å². The van der Waals surface area contributed by atoms with E-state index in [2.05, 4.69) is 26.6 Å². The number of amides is 2. The van der Waals surface area contributed by atoms with Gasteiger partial charge in [0.05, 0.1) is 4.47 Å². The molecule has 0 spiro atoms. The first kappa shape index (κ1) is 15.4. The number of carboxylic acids is 1. The number of hydrogen-bond acceptors (Lipinski definition) is 2. The number of benzene rings is 1. The predicted octanol–water partition coefficient (Wildman–Crippen LogP) is 2.82. The molecule has 1 atom stereocenters. The van der Waals surface area contributed by atoms with E-state index in [0.717, 1.165) is 0 Å². The van der Waals surface area contributed by atoms with Gasteiger partial charge >= 0.3 is 12.0 Å². The maximum atomic E-state index is 13.0. The lowest BCUT2D eigenvalue weighted by Gasteiger charge is -2.18. The second-order valence-corrected chi connectivity index (χ2v) is 5.14. The van der Waals surface area contributed by atoms with E-state index in [-0.39, 0.29) is 10.4 Å². The highest BCUT2D eigenvalue weighted by Gasteiger charge is 2.23. The monoisotopic (exact) mass is 332 g/mol. The van der Waals surface area contributed by atoms with Crippen molar-refractivity contribution < 1.29 is 19.1 Å². The van der Waals surface area contributed by atoms with Crippen LogP contribution in [0.4, 0.5) is 14.9 Å². The topological polar surface area (TPSA) is 78.4 Å². The zero-order chi connectivity index (χ0) is 14.6. The van der Waals surface area contributed by atoms with Gasteiger partial charge < -0.3 is 15.7 Å². The summed E-state index contributed by atoms with van der Waals surface area (Å²) in [4.78, 5) is 22.6.